The molecule has 0 saturated heterocycles. The summed E-state index contributed by atoms with van der Waals surface area (Å²) in [7, 11) is 0. The number of aliphatic hydroxyl groups is 1. The molecule has 1 rings (SSSR count). The van der Waals surface area contributed by atoms with E-state index in [0.29, 0.717) is 6.42 Å². The Morgan fingerprint density at radius 3 is 2.24 bits per heavy atom. The fourth-order valence-corrected chi connectivity index (χ4v) is 1.57. The van der Waals surface area contributed by atoms with Gasteiger partial charge >= 0.3 is 5.97 Å². The van der Waals surface area contributed by atoms with Crippen LogP contribution < -0.4 is 0 Å². The molecular weight excluding hydrogens is 216 g/mol. The van der Waals surface area contributed by atoms with Gasteiger partial charge in [0.25, 0.3) is 0 Å². The zero-order chi connectivity index (χ0) is 13.1. The van der Waals surface area contributed by atoms with E-state index in [0.717, 1.165) is 17.5 Å². The summed E-state index contributed by atoms with van der Waals surface area (Å²) in [5.41, 5.74) is 1.27. The molecule has 0 radical (unpaired) electrons. The van der Waals surface area contributed by atoms with Crippen LogP contribution >= 0.6 is 0 Å². The second-order valence-corrected chi connectivity index (χ2v) is 5.11. The minimum Gasteiger partial charge on any atom is -0.481 e. The fourth-order valence-electron chi connectivity index (χ4n) is 1.57. The van der Waals surface area contributed by atoms with Crippen molar-refractivity contribution in [2.24, 2.45) is 0 Å². The highest BCUT2D eigenvalue weighted by molar-refractivity contribution is 5.75. The van der Waals surface area contributed by atoms with Gasteiger partial charge in [0, 0.05) is 0 Å². The van der Waals surface area contributed by atoms with Crippen LogP contribution in [0, 0.1) is 0 Å². The summed E-state index contributed by atoms with van der Waals surface area (Å²) in [5, 5.41) is 18.5. The summed E-state index contributed by atoms with van der Waals surface area (Å²) in [4.78, 5) is 10.8. The smallest absolute Gasteiger partial charge is 0.310 e. The monoisotopic (exact) mass is 236 g/mol. The zero-order valence-electron chi connectivity index (χ0n) is 10.6. The molecule has 1 aromatic carbocycles. The first-order valence-corrected chi connectivity index (χ1v) is 5.83. The second kappa shape index (κ2) is 5.32. The summed E-state index contributed by atoms with van der Waals surface area (Å²) in [6.07, 6.45) is 1.49. The zero-order valence-corrected chi connectivity index (χ0v) is 10.6. The third kappa shape index (κ3) is 4.57. The second-order valence-electron chi connectivity index (χ2n) is 5.11. The van der Waals surface area contributed by atoms with Gasteiger partial charge in [0.2, 0.25) is 0 Å². The molecule has 3 heteroatoms. The Kier molecular flexibility index (Phi) is 4.29. The molecule has 0 amide bonds. The molecule has 0 aliphatic heterocycles. The van der Waals surface area contributed by atoms with Crippen molar-refractivity contribution in [1.82, 2.24) is 0 Å². The van der Waals surface area contributed by atoms with Gasteiger partial charge in [-0.3, -0.25) is 4.79 Å². The van der Waals surface area contributed by atoms with E-state index >= 15 is 0 Å². The number of carbonyl (C=O) groups is 1. The summed E-state index contributed by atoms with van der Waals surface area (Å²) in [6, 6.07) is 7.55. The van der Waals surface area contributed by atoms with Gasteiger partial charge in [0.15, 0.2) is 0 Å². The first kappa shape index (κ1) is 13.7. The Bertz CT molecular complexity index is 373. The van der Waals surface area contributed by atoms with Crippen molar-refractivity contribution in [1.29, 1.82) is 0 Å². The molecule has 94 valence electrons. The molecule has 1 aromatic rings. The number of rotatable bonds is 5. The molecule has 0 fully saturated rings. The third-order valence-corrected chi connectivity index (χ3v) is 2.88. The average molecular weight is 236 g/mol. The normalized spacial score (nSPS) is 13.4. The van der Waals surface area contributed by atoms with Gasteiger partial charge in [0.1, 0.15) is 0 Å². The van der Waals surface area contributed by atoms with Crippen molar-refractivity contribution >= 4 is 5.97 Å². The quantitative estimate of drug-likeness (QED) is 0.826. The van der Waals surface area contributed by atoms with Crippen LogP contribution in [0.25, 0.3) is 0 Å². The van der Waals surface area contributed by atoms with E-state index in [1.165, 1.54) is 0 Å². The summed E-state index contributed by atoms with van der Waals surface area (Å²) < 4.78 is 0. The lowest BCUT2D eigenvalue weighted by Gasteiger charge is -2.16. The van der Waals surface area contributed by atoms with Gasteiger partial charge in [0.05, 0.1) is 11.5 Å². The number of hydrogen-bond donors (Lipinski definition) is 2. The number of aryl methyl sites for hydroxylation is 1. The molecule has 0 heterocycles. The number of carboxylic acid groups (broad SMARTS) is 1. The van der Waals surface area contributed by atoms with E-state index in [-0.39, 0.29) is 0 Å². The minimum atomic E-state index is -0.811. The molecule has 0 bridgehead atoms. The molecule has 0 aliphatic rings. The van der Waals surface area contributed by atoms with Crippen LogP contribution in [-0.2, 0) is 11.2 Å². The van der Waals surface area contributed by atoms with E-state index in [4.69, 9.17) is 5.11 Å². The Morgan fingerprint density at radius 2 is 1.82 bits per heavy atom. The molecule has 3 nitrogen and oxygen atoms in total. The molecule has 1 unspecified atom stereocenters. The third-order valence-electron chi connectivity index (χ3n) is 2.88. The Morgan fingerprint density at radius 1 is 1.29 bits per heavy atom. The molecule has 0 aromatic heterocycles. The molecule has 0 aliphatic carbocycles. The van der Waals surface area contributed by atoms with Crippen LogP contribution in [0.1, 0.15) is 44.2 Å². The van der Waals surface area contributed by atoms with Gasteiger partial charge in [-0.25, -0.2) is 0 Å². The van der Waals surface area contributed by atoms with Crippen LogP contribution in [-0.4, -0.2) is 21.8 Å². The summed E-state index contributed by atoms with van der Waals surface area (Å²) in [6.45, 7) is 5.25. The van der Waals surface area contributed by atoms with Crippen LogP contribution in [0.5, 0.6) is 0 Å². The van der Waals surface area contributed by atoms with E-state index in [9.17, 15) is 9.90 Å². The first-order valence-electron chi connectivity index (χ1n) is 5.83. The highest BCUT2D eigenvalue weighted by Crippen LogP contribution is 2.18. The van der Waals surface area contributed by atoms with Gasteiger partial charge in [-0.1, -0.05) is 24.3 Å². The number of hydrogen-bond acceptors (Lipinski definition) is 2. The summed E-state index contributed by atoms with van der Waals surface area (Å²) in [5.74, 6) is -1.28. The SMILES string of the molecule is CC(C(=O)O)c1ccc(CCC(C)(C)O)cc1. The van der Waals surface area contributed by atoms with Crippen LogP contribution in [0.4, 0.5) is 0 Å². The Labute approximate surface area is 102 Å². The topological polar surface area (TPSA) is 57.5 Å². The lowest BCUT2D eigenvalue weighted by atomic mass is 9.96. The predicted octanol–water partition coefficient (Wildman–Crippen LogP) is 2.58. The molecule has 0 saturated carbocycles. The number of carboxylic acids is 1. The van der Waals surface area contributed by atoms with Crippen molar-refractivity contribution in [3.05, 3.63) is 35.4 Å². The highest BCUT2D eigenvalue weighted by atomic mass is 16.4. The maximum Gasteiger partial charge on any atom is 0.310 e. The van der Waals surface area contributed by atoms with Crippen LogP contribution in [0.2, 0.25) is 0 Å². The number of benzene rings is 1. The van der Waals surface area contributed by atoms with Crippen LogP contribution in [0.15, 0.2) is 24.3 Å². The number of aliphatic carboxylic acids is 1. The predicted molar refractivity (Wildman–Crippen MR) is 67.1 cm³/mol. The molecule has 17 heavy (non-hydrogen) atoms. The average Bonchev–Trinajstić information content (AvgIpc) is 2.25. The standard InChI is InChI=1S/C14H20O3/c1-10(13(15)16)12-6-4-11(5-7-12)8-9-14(2,3)17/h4-7,10,17H,8-9H2,1-3H3,(H,15,16). The molecular formula is C14H20O3. The van der Waals surface area contributed by atoms with E-state index in [2.05, 4.69) is 0 Å². The maximum absolute atomic E-state index is 10.8. The van der Waals surface area contributed by atoms with Gasteiger partial charge < -0.3 is 10.2 Å². The fraction of sp³-hybridized carbons (Fsp3) is 0.500. The van der Waals surface area contributed by atoms with Gasteiger partial charge in [-0.15, -0.1) is 0 Å². The van der Waals surface area contributed by atoms with Gasteiger partial charge in [-0.2, -0.15) is 0 Å². The lowest BCUT2D eigenvalue weighted by Crippen LogP contribution is -2.19. The largest absolute Gasteiger partial charge is 0.481 e. The highest BCUT2D eigenvalue weighted by Gasteiger charge is 2.14. The van der Waals surface area contributed by atoms with E-state index in [1.54, 1.807) is 20.8 Å². The van der Waals surface area contributed by atoms with E-state index < -0.39 is 17.5 Å². The molecule has 0 spiro atoms. The van der Waals surface area contributed by atoms with Crippen LogP contribution in [0.3, 0.4) is 0 Å². The van der Waals surface area contributed by atoms with Crippen molar-refractivity contribution in [3.63, 3.8) is 0 Å². The van der Waals surface area contributed by atoms with Crippen molar-refractivity contribution < 1.29 is 15.0 Å². The Balaban J connectivity index is 2.65. The van der Waals surface area contributed by atoms with Gasteiger partial charge in [-0.05, 0) is 44.7 Å². The lowest BCUT2D eigenvalue weighted by molar-refractivity contribution is -0.138. The molecule has 1 atom stereocenters. The molecule has 2 N–H and O–H groups in total. The van der Waals surface area contributed by atoms with E-state index in [1.807, 2.05) is 24.3 Å². The van der Waals surface area contributed by atoms with Crippen molar-refractivity contribution in [3.8, 4) is 0 Å². The first-order chi connectivity index (χ1) is 7.79. The maximum atomic E-state index is 10.8. The minimum absolute atomic E-state index is 0.474. The van der Waals surface area contributed by atoms with Crippen molar-refractivity contribution in [2.75, 3.05) is 0 Å². The van der Waals surface area contributed by atoms with Crippen molar-refractivity contribution in [2.45, 2.75) is 45.1 Å². The summed E-state index contributed by atoms with van der Waals surface area (Å²) >= 11 is 0. The Hall–Kier alpha value is -1.35.